The van der Waals surface area contributed by atoms with Gasteiger partial charge in [0, 0.05) is 17.5 Å². The molecule has 3 nitrogen and oxygen atoms in total. The monoisotopic (exact) mass is 407 g/mol. The molecule has 0 aromatic heterocycles. The molecular weight excluding hydrogens is 378 g/mol. The molecule has 0 unspecified atom stereocenters. The van der Waals surface area contributed by atoms with Gasteiger partial charge in [0.2, 0.25) is 0 Å². The lowest BCUT2D eigenvalue weighted by atomic mass is 9.79. The van der Waals surface area contributed by atoms with E-state index in [4.69, 9.17) is 27.2 Å². The van der Waals surface area contributed by atoms with Crippen LogP contribution in [0.15, 0.2) is 12.1 Å². The molecular formula is C19H30Cl2O3P+. The first-order chi connectivity index (χ1) is 11.2. The predicted octanol–water partition coefficient (Wildman–Crippen LogP) is 5.64. The summed E-state index contributed by atoms with van der Waals surface area (Å²) in [6.45, 7) is 14.6. The second-order valence-corrected chi connectivity index (χ2v) is 13.2. The highest BCUT2D eigenvalue weighted by Gasteiger charge is 2.45. The number of aryl methyl sites for hydroxylation is 1. The SMILES string of the molecule is CCOC(=O)CCc1cc(C(C)(C)C)c([P+](O)(Cl)Cl)c(C(C)(C)C)c1. The Bertz CT molecular complexity index is 588. The van der Waals surface area contributed by atoms with E-state index in [9.17, 15) is 9.69 Å². The average molecular weight is 408 g/mol. The van der Waals surface area contributed by atoms with Crippen molar-refractivity contribution in [2.45, 2.75) is 72.1 Å². The van der Waals surface area contributed by atoms with Crippen molar-refractivity contribution >= 4 is 40.0 Å². The third-order valence-electron chi connectivity index (χ3n) is 3.98. The van der Waals surface area contributed by atoms with E-state index in [1.807, 2.05) is 12.1 Å². The number of rotatable bonds is 5. The highest BCUT2D eigenvalue weighted by atomic mass is 35.9. The minimum atomic E-state index is -3.25. The molecule has 0 atom stereocenters. The molecule has 0 aliphatic carbocycles. The molecule has 0 fully saturated rings. The van der Waals surface area contributed by atoms with Crippen molar-refractivity contribution in [3.63, 3.8) is 0 Å². The van der Waals surface area contributed by atoms with Crippen LogP contribution in [0, 0.1) is 0 Å². The highest BCUT2D eigenvalue weighted by molar-refractivity contribution is 8.18. The van der Waals surface area contributed by atoms with Crippen LogP contribution in [0.5, 0.6) is 0 Å². The minimum Gasteiger partial charge on any atom is -0.466 e. The third kappa shape index (κ3) is 6.40. The highest BCUT2D eigenvalue weighted by Crippen LogP contribution is 2.66. The standard InChI is InChI=1S/C19H30Cl2O3P/c1-8-24-16(22)10-9-13-11-14(18(2,3)4)17(25(20,21)23)15(12-13)19(5,6)7/h11-12,23H,8-10H2,1-7H3/q+1. The number of carbonyl (C=O) groups excluding carboxylic acids is 1. The van der Waals surface area contributed by atoms with E-state index in [1.54, 1.807) is 6.92 Å². The molecule has 1 aromatic carbocycles. The van der Waals surface area contributed by atoms with Crippen LogP contribution in [-0.2, 0) is 26.8 Å². The molecule has 0 saturated heterocycles. The lowest BCUT2D eigenvalue weighted by Gasteiger charge is -2.29. The van der Waals surface area contributed by atoms with Crippen LogP contribution >= 0.6 is 28.7 Å². The van der Waals surface area contributed by atoms with E-state index in [0.717, 1.165) is 16.7 Å². The van der Waals surface area contributed by atoms with E-state index in [1.165, 1.54) is 0 Å². The summed E-state index contributed by atoms with van der Waals surface area (Å²) < 4.78 is 5.02. The summed E-state index contributed by atoms with van der Waals surface area (Å²) >= 11 is 12.5. The molecule has 0 bridgehead atoms. The number of carbonyl (C=O) groups is 1. The van der Waals surface area contributed by atoms with Gasteiger partial charge in [-0.1, -0.05) is 53.7 Å². The van der Waals surface area contributed by atoms with Crippen LogP contribution in [0.25, 0.3) is 0 Å². The summed E-state index contributed by atoms with van der Waals surface area (Å²) in [7, 11) is 0. The maximum atomic E-state index is 11.7. The lowest BCUT2D eigenvalue weighted by molar-refractivity contribution is -0.143. The van der Waals surface area contributed by atoms with Crippen LogP contribution in [0.2, 0.25) is 0 Å². The molecule has 0 aliphatic rings. The topological polar surface area (TPSA) is 46.5 Å². The van der Waals surface area contributed by atoms with E-state index in [0.29, 0.717) is 24.8 Å². The van der Waals surface area contributed by atoms with E-state index in [2.05, 4.69) is 41.5 Å². The maximum Gasteiger partial charge on any atom is 0.369 e. The molecule has 0 saturated carbocycles. The van der Waals surface area contributed by atoms with Crippen molar-refractivity contribution in [3.8, 4) is 0 Å². The Hall–Kier alpha value is -0.340. The molecule has 0 amide bonds. The van der Waals surface area contributed by atoms with Crippen molar-refractivity contribution in [1.29, 1.82) is 0 Å². The third-order valence-corrected chi connectivity index (χ3v) is 6.01. The molecule has 1 N–H and O–H groups in total. The second kappa shape index (κ2) is 8.13. The van der Waals surface area contributed by atoms with Crippen LogP contribution in [0.1, 0.15) is 71.6 Å². The van der Waals surface area contributed by atoms with Crippen molar-refractivity contribution in [1.82, 2.24) is 0 Å². The van der Waals surface area contributed by atoms with E-state index >= 15 is 0 Å². The Labute approximate surface area is 162 Å². The van der Waals surface area contributed by atoms with Crippen molar-refractivity contribution in [2.75, 3.05) is 6.61 Å². The Kier molecular flexibility index (Phi) is 7.38. The van der Waals surface area contributed by atoms with Crippen LogP contribution in [0.3, 0.4) is 0 Å². The normalized spacial score (nSPS) is 13.0. The van der Waals surface area contributed by atoms with E-state index < -0.39 is 6.19 Å². The first kappa shape index (κ1) is 22.7. The summed E-state index contributed by atoms with van der Waals surface area (Å²) in [6, 6.07) is 4.03. The lowest BCUT2D eigenvalue weighted by Crippen LogP contribution is -2.31. The van der Waals surface area contributed by atoms with Gasteiger partial charge in [0.25, 0.3) is 0 Å². The molecule has 1 rings (SSSR count). The Morgan fingerprint density at radius 2 is 1.52 bits per heavy atom. The molecule has 1 aromatic rings. The smallest absolute Gasteiger partial charge is 0.369 e. The molecule has 0 heterocycles. The number of hydrogen-bond acceptors (Lipinski definition) is 3. The minimum absolute atomic E-state index is 0.208. The molecule has 142 valence electrons. The Morgan fingerprint density at radius 3 is 1.84 bits per heavy atom. The molecule has 0 aliphatic heterocycles. The molecule has 0 radical (unpaired) electrons. The summed E-state index contributed by atoms with van der Waals surface area (Å²) in [5.41, 5.74) is 2.40. The second-order valence-electron chi connectivity index (χ2n) is 8.33. The van der Waals surface area contributed by atoms with Gasteiger partial charge in [0.05, 0.1) is 6.61 Å². The Balaban J connectivity index is 3.52. The van der Waals surface area contributed by atoms with E-state index in [-0.39, 0.29) is 16.8 Å². The molecule has 25 heavy (non-hydrogen) atoms. The number of hydrogen-bond donors (Lipinski definition) is 1. The molecule has 6 heteroatoms. The van der Waals surface area contributed by atoms with Gasteiger partial charge in [0.15, 0.2) is 5.30 Å². The Morgan fingerprint density at radius 1 is 1.08 bits per heavy atom. The van der Waals surface area contributed by atoms with Gasteiger partial charge < -0.3 is 4.74 Å². The fourth-order valence-corrected chi connectivity index (χ4v) is 5.22. The quantitative estimate of drug-likeness (QED) is 0.507. The first-order valence-electron chi connectivity index (χ1n) is 8.53. The van der Waals surface area contributed by atoms with Crippen molar-refractivity contribution in [2.24, 2.45) is 0 Å². The zero-order valence-electron chi connectivity index (χ0n) is 16.2. The van der Waals surface area contributed by atoms with Gasteiger partial charge in [-0.05, 0) is 29.7 Å². The van der Waals surface area contributed by atoms with Gasteiger partial charge >= 0.3 is 12.2 Å². The number of halogens is 2. The summed E-state index contributed by atoms with van der Waals surface area (Å²) in [4.78, 5) is 22.2. The molecule has 0 spiro atoms. The van der Waals surface area contributed by atoms with Crippen LogP contribution in [0.4, 0.5) is 0 Å². The number of esters is 1. The maximum absolute atomic E-state index is 11.7. The zero-order valence-corrected chi connectivity index (χ0v) is 18.6. The number of ether oxygens (including phenoxy) is 1. The largest absolute Gasteiger partial charge is 0.466 e. The van der Waals surface area contributed by atoms with Crippen molar-refractivity contribution in [3.05, 3.63) is 28.8 Å². The van der Waals surface area contributed by atoms with Gasteiger partial charge in [-0.25, -0.2) is 4.89 Å². The van der Waals surface area contributed by atoms with Gasteiger partial charge in [-0.3, -0.25) is 4.79 Å². The average Bonchev–Trinajstić information content (AvgIpc) is 2.41. The van der Waals surface area contributed by atoms with Gasteiger partial charge in [-0.15, -0.1) is 0 Å². The van der Waals surface area contributed by atoms with Gasteiger partial charge in [0.1, 0.15) is 22.5 Å². The zero-order chi connectivity index (χ0) is 19.6. The summed E-state index contributed by atoms with van der Waals surface area (Å²) in [6.07, 6.45) is -2.35. The summed E-state index contributed by atoms with van der Waals surface area (Å²) in [5.74, 6) is -0.208. The number of benzene rings is 1. The fraction of sp³-hybridized carbons (Fsp3) is 0.632. The first-order valence-corrected chi connectivity index (χ1v) is 12.1. The predicted molar refractivity (Wildman–Crippen MR) is 109 cm³/mol. The van der Waals surface area contributed by atoms with Crippen LogP contribution < -0.4 is 5.30 Å². The van der Waals surface area contributed by atoms with Crippen LogP contribution in [-0.4, -0.2) is 17.5 Å². The van der Waals surface area contributed by atoms with Crippen molar-refractivity contribution < 1.29 is 14.4 Å². The summed E-state index contributed by atoms with van der Waals surface area (Å²) in [5, 5.41) is 0.649. The van der Waals surface area contributed by atoms with Gasteiger partial charge in [-0.2, -0.15) is 0 Å². The fourth-order valence-electron chi connectivity index (χ4n) is 2.75.